The molecule has 178 valence electrons. The van der Waals surface area contributed by atoms with Gasteiger partial charge in [0, 0.05) is 31.7 Å². The number of amides is 4. The number of halogens is 2. The van der Waals surface area contributed by atoms with Gasteiger partial charge in [0.25, 0.3) is 17.7 Å². The average molecular weight is 469 g/mol. The zero-order valence-electron chi connectivity index (χ0n) is 19.0. The van der Waals surface area contributed by atoms with Crippen LogP contribution in [0.5, 0.6) is 0 Å². The number of imide groups is 1. The van der Waals surface area contributed by atoms with E-state index in [0.717, 1.165) is 17.0 Å². The van der Waals surface area contributed by atoms with Crippen molar-refractivity contribution in [1.29, 1.82) is 0 Å². The van der Waals surface area contributed by atoms with Crippen LogP contribution in [-0.2, 0) is 4.79 Å². The number of piperazine rings is 1. The van der Waals surface area contributed by atoms with Crippen LogP contribution < -0.4 is 0 Å². The lowest BCUT2D eigenvalue weighted by molar-refractivity contribution is -0.137. The number of nitrogens with zero attached hydrogens (tertiary/aromatic N) is 3. The molecule has 1 unspecified atom stereocenters. The van der Waals surface area contributed by atoms with E-state index in [4.69, 9.17) is 0 Å². The van der Waals surface area contributed by atoms with E-state index >= 15 is 0 Å². The Bertz CT molecular complexity index is 1120. The number of carbonyl (C=O) groups is 4. The third-order valence-electron chi connectivity index (χ3n) is 6.16. The van der Waals surface area contributed by atoms with Crippen LogP contribution in [0.3, 0.4) is 0 Å². The fourth-order valence-electron chi connectivity index (χ4n) is 4.41. The molecule has 2 heterocycles. The molecular weight excluding hydrogens is 444 g/mol. The van der Waals surface area contributed by atoms with Crippen molar-refractivity contribution in [1.82, 2.24) is 14.7 Å². The minimum Gasteiger partial charge on any atom is -0.337 e. The summed E-state index contributed by atoms with van der Waals surface area (Å²) in [4.78, 5) is 56.2. The van der Waals surface area contributed by atoms with E-state index in [1.807, 2.05) is 13.8 Å². The summed E-state index contributed by atoms with van der Waals surface area (Å²) in [6.07, 6.45) is 0.318. The second-order valence-electron chi connectivity index (χ2n) is 8.92. The quantitative estimate of drug-likeness (QED) is 0.631. The summed E-state index contributed by atoms with van der Waals surface area (Å²) in [7, 11) is 0. The minimum atomic E-state index is -1.10. The van der Waals surface area contributed by atoms with E-state index in [1.165, 1.54) is 11.0 Å². The van der Waals surface area contributed by atoms with Crippen LogP contribution in [0, 0.1) is 17.6 Å². The van der Waals surface area contributed by atoms with Gasteiger partial charge >= 0.3 is 0 Å². The Kier molecular flexibility index (Phi) is 6.45. The third kappa shape index (κ3) is 4.30. The molecule has 2 aliphatic rings. The van der Waals surface area contributed by atoms with E-state index in [2.05, 4.69) is 0 Å². The first-order valence-corrected chi connectivity index (χ1v) is 11.2. The zero-order chi connectivity index (χ0) is 24.6. The van der Waals surface area contributed by atoms with Gasteiger partial charge in [-0.1, -0.05) is 26.0 Å². The minimum absolute atomic E-state index is 0.0300. The fourth-order valence-corrected chi connectivity index (χ4v) is 4.41. The molecule has 34 heavy (non-hydrogen) atoms. The first kappa shape index (κ1) is 23.5. The van der Waals surface area contributed by atoms with Crippen LogP contribution in [0.1, 0.15) is 51.3 Å². The molecule has 0 N–H and O–H groups in total. The Balaban J connectivity index is 1.48. The van der Waals surface area contributed by atoms with Crippen LogP contribution in [0.2, 0.25) is 0 Å². The Morgan fingerprint density at radius 3 is 1.94 bits per heavy atom. The molecule has 1 atom stereocenters. The van der Waals surface area contributed by atoms with Gasteiger partial charge in [-0.05, 0) is 42.7 Å². The van der Waals surface area contributed by atoms with Gasteiger partial charge in [-0.3, -0.25) is 24.1 Å². The first-order valence-electron chi connectivity index (χ1n) is 11.2. The molecule has 4 amide bonds. The van der Waals surface area contributed by atoms with Crippen molar-refractivity contribution in [2.24, 2.45) is 5.92 Å². The van der Waals surface area contributed by atoms with Crippen molar-refractivity contribution in [3.05, 3.63) is 70.8 Å². The van der Waals surface area contributed by atoms with E-state index in [-0.39, 0.29) is 54.7 Å². The highest BCUT2D eigenvalue weighted by atomic mass is 19.2. The smallest absolute Gasteiger partial charge is 0.262 e. The molecule has 0 radical (unpaired) electrons. The van der Waals surface area contributed by atoms with E-state index < -0.39 is 35.4 Å². The van der Waals surface area contributed by atoms with Gasteiger partial charge in [-0.25, -0.2) is 8.78 Å². The highest BCUT2D eigenvalue weighted by Gasteiger charge is 2.44. The molecule has 2 aliphatic heterocycles. The van der Waals surface area contributed by atoms with E-state index in [0.29, 0.717) is 6.42 Å². The van der Waals surface area contributed by atoms with Crippen molar-refractivity contribution in [3.8, 4) is 0 Å². The molecule has 2 aromatic rings. The van der Waals surface area contributed by atoms with Gasteiger partial charge in [-0.2, -0.15) is 0 Å². The number of hydrogen-bond acceptors (Lipinski definition) is 4. The summed E-state index contributed by atoms with van der Waals surface area (Å²) in [5.41, 5.74) is 0.606. The number of carbonyl (C=O) groups excluding carboxylic acids is 4. The number of rotatable bonds is 5. The average Bonchev–Trinajstić information content (AvgIpc) is 3.08. The van der Waals surface area contributed by atoms with Crippen LogP contribution in [0.15, 0.2) is 42.5 Å². The summed E-state index contributed by atoms with van der Waals surface area (Å²) in [6.45, 7) is 4.62. The lowest BCUT2D eigenvalue weighted by Crippen LogP contribution is -2.57. The number of hydrogen-bond donors (Lipinski definition) is 0. The topological polar surface area (TPSA) is 78.0 Å². The molecule has 1 fully saturated rings. The van der Waals surface area contributed by atoms with Crippen LogP contribution >= 0.6 is 0 Å². The Hall–Kier alpha value is -3.62. The van der Waals surface area contributed by atoms with Crippen LogP contribution in [-0.4, -0.2) is 70.5 Å². The molecule has 0 bridgehead atoms. The summed E-state index contributed by atoms with van der Waals surface area (Å²) >= 11 is 0. The maximum Gasteiger partial charge on any atom is 0.262 e. The normalized spacial score (nSPS) is 16.8. The highest BCUT2D eigenvalue weighted by molar-refractivity contribution is 6.22. The molecule has 0 saturated carbocycles. The maximum absolute atomic E-state index is 13.5. The SMILES string of the molecule is CC(C)CC(C(=O)N1CCN(C(=O)c2ccc(F)c(F)c2)CC1)N1C(=O)c2ccccc2C1=O. The zero-order valence-corrected chi connectivity index (χ0v) is 19.0. The molecule has 9 heteroatoms. The molecule has 1 saturated heterocycles. The molecule has 7 nitrogen and oxygen atoms in total. The number of benzene rings is 2. The Morgan fingerprint density at radius 2 is 1.41 bits per heavy atom. The summed E-state index contributed by atoms with van der Waals surface area (Å²) in [5.74, 6) is -3.84. The lowest BCUT2D eigenvalue weighted by atomic mass is 10.0. The predicted molar refractivity (Wildman–Crippen MR) is 119 cm³/mol. The molecular formula is C25H25F2N3O4. The lowest BCUT2D eigenvalue weighted by Gasteiger charge is -2.38. The van der Waals surface area contributed by atoms with Gasteiger partial charge in [0.15, 0.2) is 11.6 Å². The van der Waals surface area contributed by atoms with Gasteiger partial charge in [0.05, 0.1) is 11.1 Å². The molecule has 0 aromatic heterocycles. The summed E-state index contributed by atoms with van der Waals surface area (Å²) in [6, 6.07) is 8.55. The van der Waals surface area contributed by atoms with Crippen molar-refractivity contribution < 1.29 is 28.0 Å². The van der Waals surface area contributed by atoms with E-state index in [9.17, 15) is 28.0 Å². The van der Waals surface area contributed by atoms with Gasteiger partial charge < -0.3 is 9.80 Å². The predicted octanol–water partition coefficient (Wildman–Crippen LogP) is 2.96. The second kappa shape index (κ2) is 9.32. The Morgan fingerprint density at radius 1 is 0.853 bits per heavy atom. The first-order chi connectivity index (χ1) is 16.2. The summed E-state index contributed by atoms with van der Waals surface area (Å²) in [5, 5.41) is 0. The van der Waals surface area contributed by atoms with Gasteiger partial charge in [0.2, 0.25) is 5.91 Å². The molecule has 0 aliphatic carbocycles. The fraction of sp³-hybridized carbons (Fsp3) is 0.360. The van der Waals surface area contributed by atoms with Crippen LogP contribution in [0.4, 0.5) is 8.78 Å². The molecule has 2 aromatic carbocycles. The monoisotopic (exact) mass is 469 g/mol. The van der Waals surface area contributed by atoms with Crippen molar-refractivity contribution in [2.75, 3.05) is 26.2 Å². The maximum atomic E-state index is 13.5. The van der Waals surface area contributed by atoms with Crippen molar-refractivity contribution >= 4 is 23.6 Å². The summed E-state index contributed by atoms with van der Waals surface area (Å²) < 4.78 is 26.7. The van der Waals surface area contributed by atoms with Crippen LogP contribution in [0.25, 0.3) is 0 Å². The standard InChI is InChI=1S/C25H25F2N3O4/c1-15(2)13-21(30-23(32)17-5-3-4-6-18(17)24(30)33)25(34)29-11-9-28(10-12-29)22(31)16-7-8-19(26)20(27)14-16/h3-8,14-15,21H,9-13H2,1-2H3. The third-order valence-corrected chi connectivity index (χ3v) is 6.16. The van der Waals surface area contributed by atoms with Crippen molar-refractivity contribution in [2.45, 2.75) is 26.3 Å². The van der Waals surface area contributed by atoms with Crippen molar-refractivity contribution in [3.63, 3.8) is 0 Å². The molecule has 0 spiro atoms. The molecule has 4 rings (SSSR count). The second-order valence-corrected chi connectivity index (χ2v) is 8.92. The largest absolute Gasteiger partial charge is 0.337 e. The van der Waals surface area contributed by atoms with E-state index in [1.54, 1.807) is 29.2 Å². The van der Waals surface area contributed by atoms with Gasteiger partial charge in [-0.15, -0.1) is 0 Å². The highest BCUT2D eigenvalue weighted by Crippen LogP contribution is 2.28. The van der Waals surface area contributed by atoms with Gasteiger partial charge in [0.1, 0.15) is 6.04 Å². The number of fused-ring (bicyclic) bond motifs is 1. The Labute approximate surface area is 195 Å².